The fourth-order valence-electron chi connectivity index (χ4n) is 2.77. The molecule has 1 aliphatic heterocycles. The molecule has 1 aliphatic rings. The molecule has 0 aromatic heterocycles. The predicted molar refractivity (Wildman–Crippen MR) is 81.2 cm³/mol. The van der Waals surface area contributed by atoms with E-state index in [1.165, 1.54) is 0 Å². The van der Waals surface area contributed by atoms with Crippen LogP contribution in [0.4, 0.5) is 0 Å². The maximum Gasteiger partial charge on any atom is 0.218 e. The lowest BCUT2D eigenvalue weighted by Crippen LogP contribution is -2.41. The lowest BCUT2D eigenvalue weighted by molar-refractivity contribution is 0.118. The zero-order chi connectivity index (χ0) is 15.3. The Morgan fingerprint density at radius 3 is 2.86 bits per heavy atom. The minimum absolute atomic E-state index is 0.0134. The van der Waals surface area contributed by atoms with Crippen LogP contribution < -0.4 is 0 Å². The van der Waals surface area contributed by atoms with Gasteiger partial charge in [-0.3, -0.25) is 0 Å². The van der Waals surface area contributed by atoms with Gasteiger partial charge < -0.3 is 9.84 Å². The lowest BCUT2D eigenvalue weighted by Gasteiger charge is -2.31. The Bertz CT molecular complexity index is 557. The number of hydrogen-bond acceptors (Lipinski definition) is 4. The molecule has 1 saturated heterocycles. The van der Waals surface area contributed by atoms with Crippen LogP contribution in [0.1, 0.15) is 24.0 Å². The second-order valence-electron chi connectivity index (χ2n) is 5.56. The topological polar surface area (TPSA) is 66.8 Å². The van der Waals surface area contributed by atoms with Crippen LogP contribution in [0.15, 0.2) is 24.3 Å². The molecule has 0 amide bonds. The molecule has 0 radical (unpaired) electrons. The fourth-order valence-corrected chi connectivity index (χ4v) is 4.40. The standard InChI is InChI=1S/C15H23NO4S/c1-20-11-15-6-3-7-16(9-15)21(18,19)12-14-5-2-4-13(8-14)10-17/h2,4-5,8,15,17H,3,6-7,9-12H2,1H3. The van der Waals surface area contributed by atoms with Crippen LogP contribution in [0.2, 0.25) is 0 Å². The largest absolute Gasteiger partial charge is 0.392 e. The van der Waals surface area contributed by atoms with Crippen molar-refractivity contribution in [1.29, 1.82) is 0 Å². The van der Waals surface area contributed by atoms with Crippen molar-refractivity contribution < 1.29 is 18.3 Å². The van der Waals surface area contributed by atoms with Gasteiger partial charge in [0.1, 0.15) is 0 Å². The summed E-state index contributed by atoms with van der Waals surface area (Å²) in [4.78, 5) is 0. The Balaban J connectivity index is 2.06. The van der Waals surface area contributed by atoms with E-state index in [1.807, 2.05) is 0 Å². The minimum Gasteiger partial charge on any atom is -0.392 e. The fraction of sp³-hybridized carbons (Fsp3) is 0.600. The van der Waals surface area contributed by atoms with E-state index in [-0.39, 0.29) is 18.3 Å². The van der Waals surface area contributed by atoms with Crippen molar-refractivity contribution in [3.63, 3.8) is 0 Å². The highest BCUT2D eigenvalue weighted by Gasteiger charge is 2.28. The Morgan fingerprint density at radius 2 is 2.14 bits per heavy atom. The van der Waals surface area contributed by atoms with Crippen molar-refractivity contribution in [2.75, 3.05) is 26.8 Å². The summed E-state index contributed by atoms with van der Waals surface area (Å²) in [6, 6.07) is 7.09. The molecule has 118 valence electrons. The molecule has 0 aliphatic carbocycles. The SMILES string of the molecule is COCC1CCCN(S(=O)(=O)Cc2cccc(CO)c2)C1. The Labute approximate surface area is 126 Å². The third-order valence-corrected chi connectivity index (χ3v) is 5.62. The van der Waals surface area contributed by atoms with Gasteiger partial charge in [-0.05, 0) is 29.9 Å². The number of benzene rings is 1. The van der Waals surface area contributed by atoms with Crippen LogP contribution in [0, 0.1) is 5.92 Å². The summed E-state index contributed by atoms with van der Waals surface area (Å²) < 4.78 is 31.8. The van der Waals surface area contributed by atoms with Crippen LogP contribution in [-0.4, -0.2) is 44.6 Å². The second-order valence-corrected chi connectivity index (χ2v) is 7.52. The van der Waals surface area contributed by atoms with Gasteiger partial charge in [-0.2, -0.15) is 0 Å². The summed E-state index contributed by atoms with van der Waals surface area (Å²) >= 11 is 0. The van der Waals surface area contributed by atoms with Crippen LogP contribution in [-0.2, 0) is 27.1 Å². The van der Waals surface area contributed by atoms with E-state index in [1.54, 1.807) is 35.7 Å². The summed E-state index contributed by atoms with van der Waals surface area (Å²) in [7, 11) is -1.67. The zero-order valence-corrected chi connectivity index (χ0v) is 13.2. The summed E-state index contributed by atoms with van der Waals surface area (Å²) in [6.45, 7) is 1.65. The summed E-state index contributed by atoms with van der Waals surface area (Å²) in [5.74, 6) is 0.267. The molecule has 1 aromatic rings. The van der Waals surface area contributed by atoms with Crippen molar-refractivity contribution in [3.05, 3.63) is 35.4 Å². The third kappa shape index (κ3) is 4.51. The van der Waals surface area contributed by atoms with Crippen molar-refractivity contribution in [3.8, 4) is 0 Å². The predicted octanol–water partition coefficient (Wildman–Crippen LogP) is 1.37. The summed E-state index contributed by atoms with van der Waals surface area (Å²) in [5.41, 5.74) is 1.45. The number of sulfonamides is 1. The van der Waals surface area contributed by atoms with Gasteiger partial charge in [-0.1, -0.05) is 24.3 Å². The van der Waals surface area contributed by atoms with Crippen molar-refractivity contribution in [2.45, 2.75) is 25.2 Å². The molecule has 0 bridgehead atoms. The molecule has 1 aromatic carbocycles. The monoisotopic (exact) mass is 313 g/mol. The van der Waals surface area contributed by atoms with Crippen LogP contribution in [0.25, 0.3) is 0 Å². The molecule has 2 rings (SSSR count). The van der Waals surface area contributed by atoms with Crippen molar-refractivity contribution >= 4 is 10.0 Å². The molecule has 6 heteroatoms. The molecule has 1 atom stereocenters. The average Bonchev–Trinajstić information content (AvgIpc) is 2.48. The molecule has 1 fully saturated rings. The first kappa shape index (κ1) is 16.4. The molecule has 0 saturated carbocycles. The van der Waals surface area contributed by atoms with Gasteiger partial charge in [-0.15, -0.1) is 0 Å². The summed E-state index contributed by atoms with van der Waals surface area (Å²) in [6.07, 6.45) is 1.89. The second kappa shape index (κ2) is 7.35. The van der Waals surface area contributed by atoms with E-state index in [2.05, 4.69) is 0 Å². The first-order chi connectivity index (χ1) is 10.0. The molecular formula is C15H23NO4S. The lowest BCUT2D eigenvalue weighted by atomic mass is 10.0. The minimum atomic E-state index is -3.32. The van der Waals surface area contributed by atoms with Gasteiger partial charge in [0.05, 0.1) is 19.0 Å². The highest BCUT2D eigenvalue weighted by atomic mass is 32.2. The maximum absolute atomic E-state index is 12.5. The van der Waals surface area contributed by atoms with Crippen LogP contribution >= 0.6 is 0 Å². The third-order valence-electron chi connectivity index (χ3n) is 3.80. The number of rotatable bonds is 6. The zero-order valence-electron chi connectivity index (χ0n) is 12.4. The number of piperidine rings is 1. The first-order valence-corrected chi connectivity index (χ1v) is 8.81. The van der Waals surface area contributed by atoms with E-state index >= 15 is 0 Å². The van der Waals surface area contributed by atoms with E-state index in [0.29, 0.717) is 19.7 Å². The molecule has 5 nitrogen and oxygen atoms in total. The number of nitrogens with zero attached hydrogens (tertiary/aromatic N) is 1. The molecule has 21 heavy (non-hydrogen) atoms. The smallest absolute Gasteiger partial charge is 0.218 e. The van der Waals surface area contributed by atoms with Crippen LogP contribution in [0.3, 0.4) is 0 Å². The highest BCUT2D eigenvalue weighted by molar-refractivity contribution is 7.88. The number of ether oxygens (including phenoxy) is 1. The number of methoxy groups -OCH3 is 1. The van der Waals surface area contributed by atoms with Crippen molar-refractivity contribution in [2.24, 2.45) is 5.92 Å². The molecule has 1 unspecified atom stereocenters. The number of aliphatic hydroxyl groups is 1. The maximum atomic E-state index is 12.5. The van der Waals surface area contributed by atoms with Gasteiger partial charge in [0.15, 0.2) is 0 Å². The van der Waals surface area contributed by atoms with Gasteiger partial charge in [0.2, 0.25) is 10.0 Å². The van der Waals surface area contributed by atoms with Crippen molar-refractivity contribution in [1.82, 2.24) is 4.31 Å². The average molecular weight is 313 g/mol. The van der Waals surface area contributed by atoms with Crippen LogP contribution in [0.5, 0.6) is 0 Å². The van der Waals surface area contributed by atoms with E-state index in [0.717, 1.165) is 24.0 Å². The molecule has 0 spiro atoms. The highest BCUT2D eigenvalue weighted by Crippen LogP contribution is 2.22. The number of aliphatic hydroxyl groups excluding tert-OH is 1. The quantitative estimate of drug-likeness (QED) is 0.861. The molecule has 1 heterocycles. The van der Waals surface area contributed by atoms with Gasteiger partial charge in [0.25, 0.3) is 0 Å². The van der Waals surface area contributed by atoms with Gasteiger partial charge in [-0.25, -0.2) is 12.7 Å². The Kier molecular flexibility index (Phi) is 5.75. The van der Waals surface area contributed by atoms with E-state index < -0.39 is 10.0 Å². The van der Waals surface area contributed by atoms with Gasteiger partial charge in [0, 0.05) is 20.2 Å². The van der Waals surface area contributed by atoms with Gasteiger partial charge >= 0.3 is 0 Å². The number of hydrogen-bond donors (Lipinski definition) is 1. The first-order valence-electron chi connectivity index (χ1n) is 7.20. The Morgan fingerprint density at radius 1 is 1.38 bits per heavy atom. The summed E-state index contributed by atoms with van der Waals surface area (Å²) in [5, 5.41) is 9.13. The molecule has 1 N–H and O–H groups in total. The normalized spacial score (nSPS) is 20.6. The van der Waals surface area contributed by atoms with E-state index in [4.69, 9.17) is 9.84 Å². The molecular weight excluding hydrogens is 290 g/mol. The Hall–Kier alpha value is -0.950. The van der Waals surface area contributed by atoms with E-state index in [9.17, 15) is 8.42 Å².